The first-order chi connectivity index (χ1) is 15.0. The van der Waals surface area contributed by atoms with E-state index in [1.807, 2.05) is 30.3 Å². The summed E-state index contributed by atoms with van der Waals surface area (Å²) in [6.45, 7) is 0. The highest BCUT2D eigenvalue weighted by molar-refractivity contribution is 8.00. The van der Waals surface area contributed by atoms with Gasteiger partial charge in [0.05, 0.1) is 10.9 Å². The molecule has 3 aromatic rings. The van der Waals surface area contributed by atoms with Gasteiger partial charge in [0.25, 0.3) is 0 Å². The molecular formula is C23H18ClN3O3S. The molecule has 0 bridgehead atoms. The lowest BCUT2D eigenvalue weighted by molar-refractivity contribution is -0.121. The minimum Gasteiger partial charge on any atom is -0.308 e. The average molecular weight is 452 g/mol. The Balaban J connectivity index is 1.37. The fourth-order valence-electron chi connectivity index (χ4n) is 3.18. The van der Waals surface area contributed by atoms with Crippen molar-refractivity contribution < 1.29 is 14.4 Å². The van der Waals surface area contributed by atoms with Crippen molar-refractivity contribution in [3.8, 4) is 0 Å². The number of nitrogens with zero attached hydrogens (tertiary/aromatic N) is 1. The number of hydrogen-bond acceptors (Lipinski definition) is 4. The number of urea groups is 1. The van der Waals surface area contributed by atoms with Crippen molar-refractivity contribution in [3.63, 3.8) is 0 Å². The summed E-state index contributed by atoms with van der Waals surface area (Å²) in [5.74, 6) is -0.512. The van der Waals surface area contributed by atoms with Crippen molar-refractivity contribution in [2.75, 3.05) is 15.5 Å². The number of nitrogens with one attached hydrogen (secondary N) is 2. The second-order valence-corrected chi connectivity index (χ2v) is 8.54. The van der Waals surface area contributed by atoms with Gasteiger partial charge >= 0.3 is 6.03 Å². The van der Waals surface area contributed by atoms with Crippen molar-refractivity contribution in [2.24, 2.45) is 0 Å². The SMILES string of the molecule is O=C(Nc1ccccc1)Nc1ccc(S[C@@H]2CC(=O)N(c3cccc(Cl)c3)C2=O)cc1. The Hall–Kier alpha value is -3.29. The molecule has 2 N–H and O–H groups in total. The predicted octanol–water partition coefficient (Wildman–Crippen LogP) is 5.41. The summed E-state index contributed by atoms with van der Waals surface area (Å²) in [6, 6.07) is 22.6. The molecule has 156 valence electrons. The fourth-order valence-corrected chi connectivity index (χ4v) is 4.42. The molecule has 3 aromatic carbocycles. The van der Waals surface area contributed by atoms with E-state index in [1.54, 1.807) is 48.5 Å². The monoisotopic (exact) mass is 451 g/mol. The van der Waals surface area contributed by atoms with Crippen molar-refractivity contribution in [1.29, 1.82) is 0 Å². The largest absolute Gasteiger partial charge is 0.323 e. The molecule has 1 heterocycles. The molecule has 0 aliphatic carbocycles. The van der Waals surface area contributed by atoms with Crippen LogP contribution in [0.4, 0.5) is 21.9 Å². The number of para-hydroxylation sites is 1. The number of benzene rings is 3. The smallest absolute Gasteiger partial charge is 0.308 e. The second kappa shape index (κ2) is 9.24. The molecule has 0 unspecified atom stereocenters. The van der Waals surface area contributed by atoms with Crippen LogP contribution in [-0.2, 0) is 9.59 Å². The number of amides is 4. The zero-order valence-electron chi connectivity index (χ0n) is 16.2. The van der Waals surface area contributed by atoms with Gasteiger partial charge in [-0.2, -0.15) is 0 Å². The molecule has 1 atom stereocenters. The number of carbonyl (C=O) groups excluding carboxylic acids is 3. The molecule has 1 aliphatic rings. The Morgan fingerprint density at radius 1 is 0.903 bits per heavy atom. The second-order valence-electron chi connectivity index (χ2n) is 6.83. The van der Waals surface area contributed by atoms with Crippen molar-refractivity contribution >= 4 is 58.3 Å². The van der Waals surface area contributed by atoms with Gasteiger partial charge in [0.15, 0.2) is 0 Å². The van der Waals surface area contributed by atoms with Crippen LogP contribution in [0.1, 0.15) is 6.42 Å². The maximum atomic E-state index is 12.8. The van der Waals surface area contributed by atoms with Crippen LogP contribution in [0, 0.1) is 0 Å². The lowest BCUT2D eigenvalue weighted by Gasteiger charge is -2.15. The van der Waals surface area contributed by atoms with E-state index in [0.717, 1.165) is 4.90 Å². The van der Waals surface area contributed by atoms with Gasteiger partial charge in [0, 0.05) is 27.7 Å². The van der Waals surface area contributed by atoms with Crippen LogP contribution >= 0.6 is 23.4 Å². The third kappa shape index (κ3) is 5.07. The average Bonchev–Trinajstić information content (AvgIpc) is 3.03. The third-order valence-electron chi connectivity index (χ3n) is 4.59. The number of anilines is 3. The first-order valence-electron chi connectivity index (χ1n) is 9.52. The Labute approximate surface area is 188 Å². The van der Waals surface area contributed by atoms with Gasteiger partial charge in [-0.1, -0.05) is 35.9 Å². The quantitative estimate of drug-likeness (QED) is 0.508. The summed E-state index contributed by atoms with van der Waals surface area (Å²) in [7, 11) is 0. The van der Waals surface area contributed by atoms with E-state index in [9.17, 15) is 14.4 Å². The zero-order chi connectivity index (χ0) is 21.8. The Bertz CT molecular complexity index is 1120. The first-order valence-corrected chi connectivity index (χ1v) is 10.8. The fraction of sp³-hybridized carbons (Fsp3) is 0.0870. The van der Waals surface area contributed by atoms with E-state index >= 15 is 0 Å². The van der Waals surface area contributed by atoms with Crippen LogP contribution in [0.5, 0.6) is 0 Å². The summed E-state index contributed by atoms with van der Waals surface area (Å²) in [4.78, 5) is 39.3. The lowest BCUT2D eigenvalue weighted by atomic mass is 10.3. The molecular weight excluding hydrogens is 434 g/mol. The molecule has 0 aromatic heterocycles. The summed E-state index contributed by atoms with van der Waals surface area (Å²) in [5, 5.41) is 5.46. The predicted molar refractivity (Wildman–Crippen MR) is 124 cm³/mol. The van der Waals surface area contributed by atoms with E-state index < -0.39 is 5.25 Å². The van der Waals surface area contributed by atoms with Gasteiger partial charge in [-0.3, -0.25) is 9.59 Å². The number of hydrogen-bond donors (Lipinski definition) is 2. The number of carbonyl (C=O) groups is 3. The van der Waals surface area contributed by atoms with Crippen LogP contribution in [0.15, 0.2) is 83.8 Å². The zero-order valence-corrected chi connectivity index (χ0v) is 17.8. The molecule has 0 radical (unpaired) electrons. The first kappa shape index (κ1) is 21.0. The van der Waals surface area contributed by atoms with Gasteiger partial charge in [-0.15, -0.1) is 11.8 Å². The number of thioether (sulfide) groups is 1. The molecule has 8 heteroatoms. The van der Waals surface area contributed by atoms with Crippen LogP contribution in [0.2, 0.25) is 5.02 Å². The summed E-state index contributed by atoms with van der Waals surface area (Å²) >= 11 is 7.31. The normalized spacial score (nSPS) is 15.8. The van der Waals surface area contributed by atoms with Crippen molar-refractivity contribution in [1.82, 2.24) is 0 Å². The molecule has 4 rings (SSSR count). The maximum absolute atomic E-state index is 12.8. The van der Waals surface area contributed by atoms with Crippen LogP contribution in [-0.4, -0.2) is 23.1 Å². The summed E-state index contributed by atoms with van der Waals surface area (Å²) < 4.78 is 0. The molecule has 1 saturated heterocycles. The lowest BCUT2D eigenvalue weighted by Crippen LogP contribution is -2.31. The number of rotatable bonds is 5. The van der Waals surface area contributed by atoms with E-state index in [-0.39, 0.29) is 24.3 Å². The third-order valence-corrected chi connectivity index (χ3v) is 6.03. The number of imide groups is 1. The topological polar surface area (TPSA) is 78.5 Å². The minimum atomic E-state index is -0.508. The molecule has 6 nitrogen and oxygen atoms in total. The van der Waals surface area contributed by atoms with E-state index in [0.29, 0.717) is 22.1 Å². The van der Waals surface area contributed by atoms with Crippen LogP contribution in [0.25, 0.3) is 0 Å². The van der Waals surface area contributed by atoms with Gasteiger partial charge < -0.3 is 10.6 Å². The molecule has 1 aliphatic heterocycles. The van der Waals surface area contributed by atoms with Gasteiger partial charge in [-0.25, -0.2) is 9.69 Å². The molecule has 0 spiro atoms. The standard InChI is InChI=1S/C23H18ClN3O3S/c24-15-5-4-8-18(13-15)27-21(28)14-20(22(27)29)31-19-11-9-17(10-12-19)26-23(30)25-16-6-2-1-3-7-16/h1-13,20H,14H2,(H2,25,26,30)/t20-/m1/s1. The van der Waals surface area contributed by atoms with Crippen molar-refractivity contribution in [3.05, 3.63) is 83.9 Å². The Morgan fingerprint density at radius 3 is 2.26 bits per heavy atom. The Morgan fingerprint density at radius 2 is 1.58 bits per heavy atom. The number of halogens is 1. The van der Waals surface area contributed by atoms with Crippen LogP contribution in [0.3, 0.4) is 0 Å². The molecule has 4 amide bonds. The van der Waals surface area contributed by atoms with E-state index in [1.165, 1.54) is 16.7 Å². The Kier molecular flexibility index (Phi) is 6.25. The molecule has 1 fully saturated rings. The van der Waals surface area contributed by atoms with Gasteiger partial charge in [0.2, 0.25) is 11.8 Å². The molecule has 0 saturated carbocycles. The highest BCUT2D eigenvalue weighted by Gasteiger charge is 2.40. The summed E-state index contributed by atoms with van der Waals surface area (Å²) in [6.07, 6.45) is 0.121. The van der Waals surface area contributed by atoms with Crippen LogP contribution < -0.4 is 15.5 Å². The minimum absolute atomic E-state index is 0.121. The molecule has 31 heavy (non-hydrogen) atoms. The van der Waals surface area contributed by atoms with E-state index in [2.05, 4.69) is 10.6 Å². The van der Waals surface area contributed by atoms with Gasteiger partial charge in [-0.05, 0) is 54.6 Å². The summed E-state index contributed by atoms with van der Waals surface area (Å²) in [5.41, 5.74) is 1.79. The highest BCUT2D eigenvalue weighted by atomic mass is 35.5. The highest BCUT2D eigenvalue weighted by Crippen LogP contribution is 2.35. The van der Waals surface area contributed by atoms with Gasteiger partial charge in [0.1, 0.15) is 0 Å². The maximum Gasteiger partial charge on any atom is 0.323 e. The van der Waals surface area contributed by atoms with Crippen molar-refractivity contribution in [2.45, 2.75) is 16.6 Å². The van der Waals surface area contributed by atoms with E-state index in [4.69, 9.17) is 11.6 Å².